The molecule has 1 aromatic rings. The Bertz CT molecular complexity index is 519. The number of rotatable bonds is 5. The van der Waals surface area contributed by atoms with Gasteiger partial charge in [0.2, 0.25) is 10.0 Å². The molecule has 4 nitrogen and oxygen atoms in total. The van der Waals surface area contributed by atoms with Crippen molar-refractivity contribution in [3.63, 3.8) is 0 Å². The topological polar surface area (TPSA) is 66.4 Å². The monoisotopic (exact) mass is 355 g/mol. The molecule has 2 unspecified atom stereocenters. The van der Waals surface area contributed by atoms with Gasteiger partial charge in [0.25, 0.3) is 0 Å². The van der Waals surface area contributed by atoms with Gasteiger partial charge in [0.15, 0.2) is 0 Å². The minimum atomic E-state index is -3.67. The number of sulfonamides is 1. The second-order valence-electron chi connectivity index (χ2n) is 4.18. The lowest BCUT2D eigenvalue weighted by Gasteiger charge is -2.16. The summed E-state index contributed by atoms with van der Waals surface area (Å²) < 4.78 is 27.3. The molecule has 0 saturated heterocycles. The zero-order chi connectivity index (χ0) is 13.9. The fourth-order valence-corrected chi connectivity index (χ4v) is 3.88. The van der Waals surface area contributed by atoms with E-state index >= 15 is 0 Å². The first-order valence-corrected chi connectivity index (χ1v) is 8.03. The third kappa shape index (κ3) is 4.51. The zero-order valence-electron chi connectivity index (χ0n) is 10.0. The van der Waals surface area contributed by atoms with Crippen molar-refractivity contribution in [3.05, 3.63) is 27.7 Å². The number of benzene rings is 1. The van der Waals surface area contributed by atoms with Crippen LogP contribution in [-0.4, -0.2) is 25.7 Å². The molecule has 0 aliphatic heterocycles. The summed E-state index contributed by atoms with van der Waals surface area (Å²) in [6.07, 6.45) is -0.226. The Morgan fingerprint density at radius 2 is 2.06 bits per heavy atom. The molecule has 0 spiro atoms. The Kier molecular flexibility index (Phi) is 5.61. The predicted octanol–water partition coefficient (Wildman–Crippen LogP) is 2.54. The van der Waals surface area contributed by atoms with Gasteiger partial charge < -0.3 is 5.11 Å². The first-order chi connectivity index (χ1) is 8.22. The van der Waals surface area contributed by atoms with E-state index in [9.17, 15) is 13.5 Å². The normalized spacial score (nSPS) is 15.4. The van der Waals surface area contributed by atoms with Gasteiger partial charge in [-0.25, -0.2) is 13.1 Å². The second-order valence-corrected chi connectivity index (χ2v) is 7.19. The molecule has 0 aliphatic carbocycles. The molecule has 0 radical (unpaired) electrons. The van der Waals surface area contributed by atoms with E-state index in [1.54, 1.807) is 19.9 Å². The van der Waals surface area contributed by atoms with Crippen LogP contribution in [0.3, 0.4) is 0 Å². The average molecular weight is 357 g/mol. The molecule has 1 aromatic carbocycles. The Hall–Kier alpha value is -0.140. The molecule has 2 N–H and O–H groups in total. The number of hydrogen-bond acceptors (Lipinski definition) is 3. The minimum absolute atomic E-state index is 0.0322. The minimum Gasteiger partial charge on any atom is -0.393 e. The van der Waals surface area contributed by atoms with Gasteiger partial charge in [0.05, 0.1) is 11.1 Å². The molecule has 102 valence electrons. The van der Waals surface area contributed by atoms with Crippen molar-refractivity contribution in [2.75, 3.05) is 0 Å². The van der Waals surface area contributed by atoms with Gasteiger partial charge in [-0.2, -0.15) is 0 Å². The van der Waals surface area contributed by atoms with Crippen molar-refractivity contribution in [3.8, 4) is 0 Å². The Morgan fingerprint density at radius 1 is 1.44 bits per heavy atom. The number of halogens is 2. The summed E-state index contributed by atoms with van der Waals surface area (Å²) >= 11 is 9.12. The Morgan fingerprint density at radius 3 is 2.56 bits per heavy atom. The lowest BCUT2D eigenvalue weighted by molar-refractivity contribution is 0.175. The molecule has 0 bridgehead atoms. The van der Waals surface area contributed by atoms with Crippen LogP contribution in [0.1, 0.15) is 20.3 Å². The number of aliphatic hydroxyl groups excluding tert-OH is 1. The van der Waals surface area contributed by atoms with Crippen LogP contribution in [0.2, 0.25) is 5.02 Å². The highest BCUT2D eigenvalue weighted by Gasteiger charge is 2.21. The maximum Gasteiger partial charge on any atom is 0.242 e. The molecular weight excluding hydrogens is 342 g/mol. The van der Waals surface area contributed by atoms with E-state index < -0.39 is 16.1 Å². The third-order valence-electron chi connectivity index (χ3n) is 2.23. The molecule has 0 amide bonds. The van der Waals surface area contributed by atoms with Gasteiger partial charge >= 0.3 is 0 Å². The van der Waals surface area contributed by atoms with Crippen molar-refractivity contribution < 1.29 is 13.5 Å². The van der Waals surface area contributed by atoms with Crippen molar-refractivity contribution in [1.29, 1.82) is 0 Å². The van der Waals surface area contributed by atoms with Crippen LogP contribution in [-0.2, 0) is 10.0 Å². The first kappa shape index (κ1) is 15.9. The molecule has 0 heterocycles. The molecular formula is C11H15BrClNO3S. The third-order valence-corrected chi connectivity index (χ3v) is 4.80. The summed E-state index contributed by atoms with van der Waals surface area (Å²) in [6, 6.07) is 4.20. The van der Waals surface area contributed by atoms with Crippen LogP contribution in [0.5, 0.6) is 0 Å². The van der Waals surface area contributed by atoms with Gasteiger partial charge in [0.1, 0.15) is 4.90 Å². The van der Waals surface area contributed by atoms with E-state index in [1.807, 2.05) is 0 Å². The van der Waals surface area contributed by atoms with Crippen molar-refractivity contribution in [1.82, 2.24) is 4.72 Å². The van der Waals surface area contributed by atoms with Crippen molar-refractivity contribution >= 4 is 37.6 Å². The van der Waals surface area contributed by atoms with Crippen LogP contribution in [0.15, 0.2) is 27.6 Å². The average Bonchev–Trinajstić information content (AvgIpc) is 2.13. The first-order valence-electron chi connectivity index (χ1n) is 5.38. The lowest BCUT2D eigenvalue weighted by atomic mass is 10.2. The van der Waals surface area contributed by atoms with Gasteiger partial charge in [-0.15, -0.1) is 0 Å². The van der Waals surface area contributed by atoms with Gasteiger partial charge in [-0.3, -0.25) is 0 Å². The van der Waals surface area contributed by atoms with E-state index in [0.717, 1.165) is 0 Å². The Balaban J connectivity index is 2.93. The van der Waals surface area contributed by atoms with Crippen LogP contribution in [0, 0.1) is 0 Å². The van der Waals surface area contributed by atoms with Crippen LogP contribution >= 0.6 is 27.5 Å². The molecule has 1 rings (SSSR count). The summed E-state index contributed by atoms with van der Waals surface area (Å²) in [4.78, 5) is 0.0322. The highest BCUT2D eigenvalue weighted by atomic mass is 79.9. The highest BCUT2D eigenvalue weighted by molar-refractivity contribution is 9.10. The molecule has 0 fully saturated rings. The largest absolute Gasteiger partial charge is 0.393 e. The maximum absolute atomic E-state index is 12.1. The quantitative estimate of drug-likeness (QED) is 0.852. The zero-order valence-corrected chi connectivity index (χ0v) is 13.2. The van der Waals surface area contributed by atoms with Crippen LogP contribution in [0.4, 0.5) is 0 Å². The van der Waals surface area contributed by atoms with E-state index in [-0.39, 0.29) is 16.0 Å². The van der Waals surface area contributed by atoms with E-state index in [1.165, 1.54) is 12.1 Å². The lowest BCUT2D eigenvalue weighted by Crippen LogP contribution is -2.34. The molecule has 2 atom stereocenters. The molecule has 0 aromatic heterocycles. The van der Waals surface area contributed by atoms with Crippen molar-refractivity contribution in [2.24, 2.45) is 0 Å². The fourth-order valence-electron chi connectivity index (χ4n) is 1.58. The van der Waals surface area contributed by atoms with E-state index in [4.69, 9.17) is 11.6 Å². The number of hydrogen-bond donors (Lipinski definition) is 2. The molecule has 0 saturated carbocycles. The predicted molar refractivity (Wildman–Crippen MR) is 75.2 cm³/mol. The summed E-state index contributed by atoms with van der Waals surface area (Å²) in [7, 11) is -3.67. The summed E-state index contributed by atoms with van der Waals surface area (Å²) in [5.74, 6) is 0. The molecule has 0 aliphatic rings. The van der Waals surface area contributed by atoms with E-state index in [2.05, 4.69) is 20.7 Å². The van der Waals surface area contributed by atoms with Crippen LogP contribution in [0.25, 0.3) is 0 Å². The number of nitrogens with one attached hydrogen (secondary N) is 1. The van der Waals surface area contributed by atoms with Gasteiger partial charge in [-0.05, 0) is 38.5 Å². The molecule has 7 heteroatoms. The maximum atomic E-state index is 12.1. The number of aliphatic hydroxyl groups is 1. The summed E-state index contributed by atoms with van der Waals surface area (Å²) in [5, 5.41) is 9.37. The summed E-state index contributed by atoms with van der Waals surface area (Å²) in [5.41, 5.74) is 0. The fraction of sp³-hybridized carbons (Fsp3) is 0.455. The Labute approximate surface area is 121 Å². The second kappa shape index (κ2) is 6.34. The van der Waals surface area contributed by atoms with Gasteiger partial charge in [0, 0.05) is 10.5 Å². The standard InChI is InChI=1S/C11H15BrClNO3S/c1-7(5-8(2)15)14-18(16,17)11-4-3-9(12)6-10(11)13/h3-4,6-8,14-15H,5H2,1-2H3. The smallest absolute Gasteiger partial charge is 0.242 e. The molecule has 18 heavy (non-hydrogen) atoms. The van der Waals surface area contributed by atoms with Crippen molar-refractivity contribution in [2.45, 2.75) is 37.3 Å². The van der Waals surface area contributed by atoms with Crippen LogP contribution < -0.4 is 4.72 Å². The van der Waals surface area contributed by atoms with E-state index in [0.29, 0.717) is 10.9 Å². The highest BCUT2D eigenvalue weighted by Crippen LogP contribution is 2.25. The summed E-state index contributed by atoms with van der Waals surface area (Å²) in [6.45, 7) is 3.30. The SMILES string of the molecule is CC(O)CC(C)NS(=O)(=O)c1ccc(Br)cc1Cl. The van der Waals surface area contributed by atoms with Gasteiger partial charge in [-0.1, -0.05) is 27.5 Å².